The summed E-state index contributed by atoms with van der Waals surface area (Å²) >= 11 is 0. The second kappa shape index (κ2) is 9.53. The van der Waals surface area contributed by atoms with E-state index in [1.165, 1.54) is 19.1 Å². The molecule has 2 N–H and O–H groups in total. The molecule has 7 heteroatoms. The standard InChI is InChI=1S/C20H26N2O4S/c1-4-26-19-11-10-18(14-15(19)2)27(24,25)22-16(3)20(23)21-13-12-17-8-6-5-7-9-17/h5-11,14,16,22H,4,12-13H2,1-3H3,(H,21,23)/t16-/m0/s1. The lowest BCUT2D eigenvalue weighted by Gasteiger charge is -2.15. The molecule has 146 valence electrons. The molecule has 2 aromatic carbocycles. The molecule has 0 fully saturated rings. The summed E-state index contributed by atoms with van der Waals surface area (Å²) in [4.78, 5) is 12.3. The highest BCUT2D eigenvalue weighted by Gasteiger charge is 2.22. The Bertz CT molecular complexity index is 867. The molecule has 1 amide bonds. The summed E-state index contributed by atoms with van der Waals surface area (Å²) in [6.45, 7) is 6.12. The number of sulfonamides is 1. The van der Waals surface area contributed by atoms with Gasteiger partial charge in [0.25, 0.3) is 0 Å². The van der Waals surface area contributed by atoms with E-state index in [1.54, 1.807) is 13.0 Å². The molecule has 0 aliphatic heterocycles. The molecule has 0 aliphatic carbocycles. The van der Waals surface area contributed by atoms with Crippen molar-refractivity contribution in [1.82, 2.24) is 10.0 Å². The molecule has 1 atom stereocenters. The van der Waals surface area contributed by atoms with Crippen LogP contribution in [0.3, 0.4) is 0 Å². The Morgan fingerprint density at radius 3 is 2.48 bits per heavy atom. The van der Waals surface area contributed by atoms with Gasteiger partial charge < -0.3 is 10.1 Å². The molecule has 0 unspecified atom stereocenters. The molecule has 6 nitrogen and oxygen atoms in total. The van der Waals surface area contributed by atoms with E-state index in [0.29, 0.717) is 25.3 Å². The predicted molar refractivity (Wildman–Crippen MR) is 105 cm³/mol. The van der Waals surface area contributed by atoms with Crippen molar-refractivity contribution in [2.24, 2.45) is 0 Å². The molecule has 2 rings (SSSR count). The van der Waals surface area contributed by atoms with Crippen LogP contribution in [-0.4, -0.2) is 33.5 Å². The lowest BCUT2D eigenvalue weighted by molar-refractivity contribution is -0.122. The van der Waals surface area contributed by atoms with Crippen molar-refractivity contribution >= 4 is 15.9 Å². The van der Waals surface area contributed by atoms with Crippen LogP contribution in [0, 0.1) is 6.92 Å². The second-order valence-electron chi connectivity index (χ2n) is 6.23. The fourth-order valence-electron chi connectivity index (χ4n) is 2.59. The lowest BCUT2D eigenvalue weighted by Crippen LogP contribution is -2.45. The van der Waals surface area contributed by atoms with E-state index >= 15 is 0 Å². The first-order valence-electron chi connectivity index (χ1n) is 8.91. The smallest absolute Gasteiger partial charge is 0.241 e. The molecule has 0 aliphatic rings. The quantitative estimate of drug-likeness (QED) is 0.689. The molecule has 0 radical (unpaired) electrons. The van der Waals surface area contributed by atoms with Gasteiger partial charge in [0.05, 0.1) is 17.5 Å². The van der Waals surface area contributed by atoms with Gasteiger partial charge in [-0.2, -0.15) is 4.72 Å². The molecule has 27 heavy (non-hydrogen) atoms. The summed E-state index contributed by atoms with van der Waals surface area (Å²) in [5, 5.41) is 2.76. The van der Waals surface area contributed by atoms with Crippen molar-refractivity contribution in [1.29, 1.82) is 0 Å². The highest BCUT2D eigenvalue weighted by molar-refractivity contribution is 7.89. The van der Waals surface area contributed by atoms with Gasteiger partial charge in [-0.05, 0) is 56.5 Å². The maximum absolute atomic E-state index is 12.5. The highest BCUT2D eigenvalue weighted by Crippen LogP contribution is 2.21. The first kappa shape index (κ1) is 20.9. The van der Waals surface area contributed by atoms with Crippen LogP contribution in [0.5, 0.6) is 5.75 Å². The summed E-state index contributed by atoms with van der Waals surface area (Å²) in [6.07, 6.45) is 0.685. The van der Waals surface area contributed by atoms with Crippen LogP contribution in [0.1, 0.15) is 25.0 Å². The normalized spacial score (nSPS) is 12.4. The maximum atomic E-state index is 12.5. The second-order valence-corrected chi connectivity index (χ2v) is 7.94. The number of ether oxygens (including phenoxy) is 1. The third-order valence-corrected chi connectivity index (χ3v) is 5.58. The molecule has 2 aromatic rings. The first-order chi connectivity index (χ1) is 12.8. The number of aryl methyl sites for hydroxylation is 1. The molecule has 0 spiro atoms. The predicted octanol–water partition coefficient (Wildman–Crippen LogP) is 2.42. The average Bonchev–Trinajstić information content (AvgIpc) is 2.64. The number of hydrogen-bond acceptors (Lipinski definition) is 4. The number of carbonyl (C=O) groups is 1. The molecule has 0 heterocycles. The van der Waals surface area contributed by atoms with Gasteiger partial charge in [-0.1, -0.05) is 30.3 Å². The summed E-state index contributed by atoms with van der Waals surface area (Å²) in [6, 6.07) is 13.5. The van der Waals surface area contributed by atoms with Gasteiger partial charge >= 0.3 is 0 Å². The Labute approximate surface area is 161 Å². The summed E-state index contributed by atoms with van der Waals surface area (Å²) in [5.74, 6) is 0.278. The van der Waals surface area contributed by atoms with E-state index in [0.717, 1.165) is 11.1 Å². The summed E-state index contributed by atoms with van der Waals surface area (Å²) < 4.78 is 32.9. The first-order valence-corrected chi connectivity index (χ1v) is 10.4. The van der Waals surface area contributed by atoms with Gasteiger partial charge in [0.2, 0.25) is 15.9 Å². The zero-order valence-electron chi connectivity index (χ0n) is 15.9. The van der Waals surface area contributed by atoms with E-state index in [4.69, 9.17) is 4.74 Å². The van der Waals surface area contributed by atoms with Crippen molar-refractivity contribution in [2.45, 2.75) is 38.1 Å². The fourth-order valence-corrected chi connectivity index (χ4v) is 3.88. The van der Waals surface area contributed by atoms with Crippen molar-refractivity contribution in [3.8, 4) is 5.75 Å². The SMILES string of the molecule is CCOc1ccc(S(=O)(=O)N[C@@H](C)C(=O)NCCc2ccccc2)cc1C. The average molecular weight is 391 g/mol. The Morgan fingerprint density at radius 2 is 1.85 bits per heavy atom. The zero-order valence-corrected chi connectivity index (χ0v) is 16.7. The Balaban J connectivity index is 1.93. The minimum absolute atomic E-state index is 0.104. The summed E-state index contributed by atoms with van der Waals surface area (Å²) in [7, 11) is -3.80. The van der Waals surface area contributed by atoms with E-state index in [9.17, 15) is 13.2 Å². The van der Waals surface area contributed by atoms with E-state index in [2.05, 4.69) is 10.0 Å². The Kier molecular flexibility index (Phi) is 7.38. The Hall–Kier alpha value is -2.38. The van der Waals surface area contributed by atoms with Crippen LogP contribution in [0.4, 0.5) is 0 Å². The van der Waals surface area contributed by atoms with Gasteiger partial charge in [-0.3, -0.25) is 4.79 Å². The molecule has 0 aromatic heterocycles. The lowest BCUT2D eigenvalue weighted by atomic mass is 10.1. The van der Waals surface area contributed by atoms with Crippen LogP contribution in [0.2, 0.25) is 0 Å². The minimum atomic E-state index is -3.80. The molecule has 0 bridgehead atoms. The number of benzene rings is 2. The van der Waals surface area contributed by atoms with Crippen LogP contribution >= 0.6 is 0 Å². The highest BCUT2D eigenvalue weighted by atomic mass is 32.2. The third-order valence-electron chi connectivity index (χ3n) is 4.04. The maximum Gasteiger partial charge on any atom is 0.241 e. The van der Waals surface area contributed by atoms with Gasteiger partial charge in [-0.25, -0.2) is 8.42 Å². The molecule has 0 saturated carbocycles. The Morgan fingerprint density at radius 1 is 1.15 bits per heavy atom. The number of hydrogen-bond donors (Lipinski definition) is 2. The number of amides is 1. The van der Waals surface area contributed by atoms with E-state index in [-0.39, 0.29) is 10.8 Å². The summed E-state index contributed by atoms with van der Waals surface area (Å²) in [5.41, 5.74) is 1.83. The largest absolute Gasteiger partial charge is 0.494 e. The van der Waals surface area contributed by atoms with E-state index < -0.39 is 16.1 Å². The van der Waals surface area contributed by atoms with Crippen molar-refractivity contribution in [3.63, 3.8) is 0 Å². The van der Waals surface area contributed by atoms with Gasteiger partial charge in [0.15, 0.2) is 0 Å². The minimum Gasteiger partial charge on any atom is -0.494 e. The molecule has 0 saturated heterocycles. The molecular weight excluding hydrogens is 364 g/mol. The van der Waals surface area contributed by atoms with Gasteiger partial charge in [-0.15, -0.1) is 0 Å². The van der Waals surface area contributed by atoms with Crippen LogP contribution < -0.4 is 14.8 Å². The number of rotatable bonds is 9. The van der Waals surface area contributed by atoms with E-state index in [1.807, 2.05) is 37.3 Å². The number of nitrogens with one attached hydrogen (secondary N) is 2. The van der Waals surface area contributed by atoms with Crippen LogP contribution in [0.25, 0.3) is 0 Å². The fraction of sp³-hybridized carbons (Fsp3) is 0.350. The zero-order chi connectivity index (χ0) is 19.9. The topological polar surface area (TPSA) is 84.5 Å². The van der Waals surface area contributed by atoms with Crippen LogP contribution in [0.15, 0.2) is 53.4 Å². The van der Waals surface area contributed by atoms with Gasteiger partial charge in [0, 0.05) is 6.54 Å². The third kappa shape index (κ3) is 6.08. The van der Waals surface area contributed by atoms with Crippen LogP contribution in [-0.2, 0) is 21.2 Å². The van der Waals surface area contributed by atoms with Gasteiger partial charge in [0.1, 0.15) is 5.75 Å². The van der Waals surface area contributed by atoms with Crippen molar-refractivity contribution < 1.29 is 17.9 Å². The van der Waals surface area contributed by atoms with Crippen molar-refractivity contribution in [3.05, 3.63) is 59.7 Å². The van der Waals surface area contributed by atoms with Crippen molar-refractivity contribution in [2.75, 3.05) is 13.2 Å². The number of carbonyl (C=O) groups excluding carboxylic acids is 1. The molecular formula is C20H26N2O4S. The monoisotopic (exact) mass is 390 g/mol.